The van der Waals surface area contributed by atoms with E-state index in [2.05, 4.69) is 36.1 Å². The van der Waals surface area contributed by atoms with E-state index >= 15 is 0 Å². The number of amides is 1. The second kappa shape index (κ2) is 8.35. The molecule has 1 aliphatic heterocycles. The van der Waals surface area contributed by atoms with Gasteiger partial charge in [-0.2, -0.15) is 0 Å². The topological polar surface area (TPSA) is 20.3 Å². The van der Waals surface area contributed by atoms with Crippen LogP contribution in [0.5, 0.6) is 0 Å². The summed E-state index contributed by atoms with van der Waals surface area (Å²) in [5, 5.41) is 0. The molecule has 1 aromatic rings. The number of carbonyl (C=O) groups excluding carboxylic acids is 1. The summed E-state index contributed by atoms with van der Waals surface area (Å²) in [6.07, 6.45) is 5.29. The zero-order valence-corrected chi connectivity index (χ0v) is 13.2. The van der Waals surface area contributed by atoms with Crippen LogP contribution in [-0.2, 0) is 4.79 Å². The van der Waals surface area contributed by atoms with Crippen LogP contribution in [-0.4, -0.2) is 29.6 Å². The van der Waals surface area contributed by atoms with Gasteiger partial charge in [-0.05, 0) is 49.5 Å². The minimum absolute atomic E-state index is 0.354. The van der Waals surface area contributed by atoms with Crippen LogP contribution < -0.4 is 0 Å². The molecule has 110 valence electrons. The Bertz CT molecular complexity index is 407. The van der Waals surface area contributed by atoms with Crippen molar-refractivity contribution < 1.29 is 4.79 Å². The molecule has 2 rings (SSSR count). The highest BCUT2D eigenvalue weighted by molar-refractivity contribution is 7.99. The molecule has 0 bridgehead atoms. The first-order valence-corrected chi connectivity index (χ1v) is 8.70. The molecule has 1 heterocycles. The second-order valence-corrected chi connectivity index (χ2v) is 6.85. The van der Waals surface area contributed by atoms with Gasteiger partial charge in [0.15, 0.2) is 0 Å². The highest BCUT2D eigenvalue weighted by atomic mass is 32.2. The Morgan fingerprint density at radius 3 is 2.85 bits per heavy atom. The fourth-order valence-corrected chi connectivity index (χ4v) is 3.47. The molecule has 0 N–H and O–H groups in total. The van der Waals surface area contributed by atoms with Gasteiger partial charge in [-0.3, -0.25) is 4.79 Å². The van der Waals surface area contributed by atoms with Crippen LogP contribution in [0.1, 0.15) is 39.0 Å². The summed E-state index contributed by atoms with van der Waals surface area (Å²) < 4.78 is 0. The SMILES string of the molecule is CC1CCCN(C(=O)CCCSc2ccccc2)CC1. The van der Waals surface area contributed by atoms with E-state index in [1.807, 2.05) is 17.8 Å². The van der Waals surface area contributed by atoms with Gasteiger partial charge in [-0.15, -0.1) is 11.8 Å². The van der Waals surface area contributed by atoms with Crippen molar-refractivity contribution in [3.05, 3.63) is 30.3 Å². The van der Waals surface area contributed by atoms with Crippen molar-refractivity contribution in [3.8, 4) is 0 Å². The van der Waals surface area contributed by atoms with Gasteiger partial charge in [0.25, 0.3) is 0 Å². The van der Waals surface area contributed by atoms with E-state index in [-0.39, 0.29) is 0 Å². The molecule has 0 spiro atoms. The molecule has 1 fully saturated rings. The lowest BCUT2D eigenvalue weighted by Crippen LogP contribution is -2.31. The lowest BCUT2D eigenvalue weighted by Gasteiger charge is -2.20. The van der Waals surface area contributed by atoms with Crippen molar-refractivity contribution in [1.82, 2.24) is 4.90 Å². The van der Waals surface area contributed by atoms with Gasteiger partial charge in [0.1, 0.15) is 0 Å². The lowest BCUT2D eigenvalue weighted by atomic mass is 10.0. The number of thioether (sulfide) groups is 1. The van der Waals surface area contributed by atoms with E-state index in [1.165, 1.54) is 24.2 Å². The molecule has 1 saturated heterocycles. The fourth-order valence-electron chi connectivity index (χ4n) is 2.60. The van der Waals surface area contributed by atoms with Crippen LogP contribution in [0.4, 0.5) is 0 Å². The quantitative estimate of drug-likeness (QED) is 0.598. The van der Waals surface area contributed by atoms with Gasteiger partial charge < -0.3 is 4.90 Å². The predicted molar refractivity (Wildman–Crippen MR) is 86.0 cm³/mol. The van der Waals surface area contributed by atoms with Gasteiger partial charge in [-0.1, -0.05) is 25.1 Å². The highest BCUT2D eigenvalue weighted by Crippen LogP contribution is 2.20. The maximum absolute atomic E-state index is 12.2. The predicted octanol–water partition coefficient (Wildman–Crippen LogP) is 4.21. The number of nitrogens with zero attached hydrogens (tertiary/aromatic N) is 1. The molecular formula is C17H25NOS. The van der Waals surface area contributed by atoms with Gasteiger partial charge in [-0.25, -0.2) is 0 Å². The number of benzene rings is 1. The average Bonchev–Trinajstić information content (AvgIpc) is 2.69. The van der Waals surface area contributed by atoms with Crippen molar-refractivity contribution in [3.63, 3.8) is 0 Å². The summed E-state index contributed by atoms with van der Waals surface area (Å²) in [4.78, 5) is 15.6. The standard InChI is InChI=1S/C17H25NOS/c1-15-7-5-12-18(13-11-15)17(19)10-6-14-20-16-8-3-2-4-9-16/h2-4,8-9,15H,5-7,10-14H2,1H3. The lowest BCUT2D eigenvalue weighted by molar-refractivity contribution is -0.131. The van der Waals surface area contributed by atoms with Gasteiger partial charge >= 0.3 is 0 Å². The molecule has 0 aromatic heterocycles. The smallest absolute Gasteiger partial charge is 0.222 e. The Kier molecular flexibility index (Phi) is 6.44. The number of hydrogen-bond acceptors (Lipinski definition) is 2. The molecule has 0 aliphatic carbocycles. The third-order valence-corrected chi connectivity index (χ3v) is 5.01. The van der Waals surface area contributed by atoms with Gasteiger partial charge in [0.05, 0.1) is 0 Å². The van der Waals surface area contributed by atoms with Crippen LogP contribution >= 0.6 is 11.8 Å². The summed E-state index contributed by atoms with van der Waals surface area (Å²) in [6.45, 7) is 4.23. The number of hydrogen-bond donors (Lipinski definition) is 0. The summed E-state index contributed by atoms with van der Waals surface area (Å²) in [5.74, 6) is 2.16. The Morgan fingerprint density at radius 1 is 1.25 bits per heavy atom. The number of rotatable bonds is 5. The van der Waals surface area contributed by atoms with Crippen LogP contribution in [0, 0.1) is 5.92 Å². The molecule has 1 aliphatic rings. The van der Waals surface area contributed by atoms with Crippen LogP contribution in [0.15, 0.2) is 35.2 Å². The van der Waals surface area contributed by atoms with Crippen LogP contribution in [0.25, 0.3) is 0 Å². The van der Waals surface area contributed by atoms with E-state index in [9.17, 15) is 4.79 Å². The highest BCUT2D eigenvalue weighted by Gasteiger charge is 2.17. The van der Waals surface area contributed by atoms with Crippen LogP contribution in [0.3, 0.4) is 0 Å². The molecule has 2 nitrogen and oxygen atoms in total. The number of carbonyl (C=O) groups is 1. The largest absolute Gasteiger partial charge is 0.343 e. The zero-order chi connectivity index (χ0) is 14.2. The molecule has 20 heavy (non-hydrogen) atoms. The van der Waals surface area contributed by atoms with Crippen molar-refractivity contribution in [1.29, 1.82) is 0 Å². The fraction of sp³-hybridized carbons (Fsp3) is 0.588. The normalized spacial score (nSPS) is 19.6. The summed E-state index contributed by atoms with van der Waals surface area (Å²) >= 11 is 1.84. The Morgan fingerprint density at radius 2 is 2.05 bits per heavy atom. The van der Waals surface area contributed by atoms with Crippen molar-refractivity contribution in [2.24, 2.45) is 5.92 Å². The second-order valence-electron chi connectivity index (χ2n) is 5.68. The molecule has 1 amide bonds. The molecule has 0 radical (unpaired) electrons. The van der Waals surface area contributed by atoms with E-state index in [0.717, 1.165) is 31.2 Å². The van der Waals surface area contributed by atoms with Crippen LogP contribution in [0.2, 0.25) is 0 Å². The zero-order valence-electron chi connectivity index (χ0n) is 12.4. The van der Waals surface area contributed by atoms with E-state index in [4.69, 9.17) is 0 Å². The van der Waals surface area contributed by atoms with E-state index in [1.54, 1.807) is 0 Å². The molecular weight excluding hydrogens is 266 g/mol. The maximum atomic E-state index is 12.2. The maximum Gasteiger partial charge on any atom is 0.222 e. The molecule has 0 saturated carbocycles. The van der Waals surface area contributed by atoms with E-state index < -0.39 is 0 Å². The summed E-state index contributed by atoms with van der Waals surface area (Å²) in [7, 11) is 0. The van der Waals surface area contributed by atoms with Gasteiger partial charge in [0, 0.05) is 24.4 Å². The first kappa shape index (κ1) is 15.4. The first-order chi connectivity index (χ1) is 9.75. The third kappa shape index (κ3) is 5.20. The monoisotopic (exact) mass is 291 g/mol. The third-order valence-electron chi connectivity index (χ3n) is 3.92. The van der Waals surface area contributed by atoms with Crippen molar-refractivity contribution in [2.75, 3.05) is 18.8 Å². The average molecular weight is 291 g/mol. The Hall–Kier alpha value is -0.960. The summed E-state index contributed by atoms with van der Waals surface area (Å²) in [5.41, 5.74) is 0. The Labute approximate surface area is 126 Å². The minimum atomic E-state index is 0.354. The molecule has 1 aromatic carbocycles. The minimum Gasteiger partial charge on any atom is -0.343 e. The van der Waals surface area contributed by atoms with E-state index in [0.29, 0.717) is 12.3 Å². The molecule has 1 atom stereocenters. The Balaban J connectivity index is 1.64. The van der Waals surface area contributed by atoms with Gasteiger partial charge in [0.2, 0.25) is 5.91 Å². The summed E-state index contributed by atoms with van der Waals surface area (Å²) in [6, 6.07) is 10.4. The number of likely N-dealkylation sites (tertiary alicyclic amines) is 1. The van der Waals surface area contributed by atoms with Crippen molar-refractivity contribution >= 4 is 17.7 Å². The molecule has 3 heteroatoms. The first-order valence-electron chi connectivity index (χ1n) is 7.71. The van der Waals surface area contributed by atoms with Crippen molar-refractivity contribution in [2.45, 2.75) is 43.9 Å². The molecule has 1 unspecified atom stereocenters.